The lowest BCUT2D eigenvalue weighted by atomic mass is 9.55. The van der Waals surface area contributed by atoms with E-state index in [1.54, 1.807) is 0 Å². The molecule has 2 fully saturated rings. The summed E-state index contributed by atoms with van der Waals surface area (Å²) >= 11 is 2.02. The highest BCUT2D eigenvalue weighted by Crippen LogP contribution is 2.55. The molecule has 0 N–H and O–H groups in total. The Morgan fingerprint density at radius 1 is 0.969 bits per heavy atom. The Labute approximate surface area is 205 Å². The molecule has 0 bridgehead atoms. The van der Waals surface area contributed by atoms with Crippen molar-refractivity contribution in [2.45, 2.75) is 108 Å². The largest absolute Gasteiger partial charge is 0.381 e. The molecule has 2 nitrogen and oxygen atoms in total. The summed E-state index contributed by atoms with van der Waals surface area (Å²) in [6.45, 7) is 30.8. The van der Waals surface area contributed by atoms with Crippen molar-refractivity contribution >= 4 is 11.8 Å². The topological polar surface area (TPSA) is 18.5 Å². The van der Waals surface area contributed by atoms with E-state index in [1.165, 1.54) is 18.6 Å². The van der Waals surface area contributed by atoms with Gasteiger partial charge in [-0.1, -0.05) is 69.2 Å². The first-order chi connectivity index (χ1) is 14.4. The van der Waals surface area contributed by atoms with Crippen LogP contribution in [0.2, 0.25) is 0 Å². The third-order valence-electron chi connectivity index (χ3n) is 8.64. The van der Waals surface area contributed by atoms with Gasteiger partial charge >= 0.3 is 0 Å². The molecule has 2 aliphatic rings. The van der Waals surface area contributed by atoms with Crippen LogP contribution in [0.15, 0.2) is 0 Å². The fraction of sp³-hybridized carbons (Fsp3) is 1.00. The van der Waals surface area contributed by atoms with Crippen molar-refractivity contribution in [3.63, 3.8) is 0 Å². The first kappa shape index (κ1) is 28.5. The van der Waals surface area contributed by atoms with Crippen LogP contribution in [0, 0.1) is 51.8 Å². The molecule has 6 atom stereocenters. The van der Waals surface area contributed by atoms with Gasteiger partial charge in [0.15, 0.2) is 0 Å². The van der Waals surface area contributed by atoms with Crippen LogP contribution in [0.5, 0.6) is 0 Å². The minimum Gasteiger partial charge on any atom is -0.381 e. The van der Waals surface area contributed by atoms with Crippen LogP contribution < -0.4 is 0 Å². The zero-order valence-corrected chi connectivity index (χ0v) is 24.6. The van der Waals surface area contributed by atoms with E-state index in [1.807, 2.05) is 11.8 Å². The van der Waals surface area contributed by atoms with Crippen molar-refractivity contribution in [1.82, 2.24) is 0 Å². The molecule has 32 heavy (non-hydrogen) atoms. The molecular formula is C29H56O2S. The SMILES string of the molecule is CSCC(CC1CC(C(C)(C)C)C(C(C)(C)C)C(C)(C)O1)C1C(C(C)C)COCC1(C)C. The second-order valence-electron chi connectivity index (χ2n) is 14.8. The molecule has 0 radical (unpaired) electrons. The second kappa shape index (κ2) is 10.1. The van der Waals surface area contributed by atoms with Gasteiger partial charge in [0.25, 0.3) is 0 Å². The smallest absolute Gasteiger partial charge is 0.0666 e. The van der Waals surface area contributed by atoms with Gasteiger partial charge in [-0.2, -0.15) is 11.8 Å². The molecule has 0 aliphatic carbocycles. The van der Waals surface area contributed by atoms with Gasteiger partial charge in [0.1, 0.15) is 0 Å². The van der Waals surface area contributed by atoms with Crippen molar-refractivity contribution < 1.29 is 9.47 Å². The number of hydrogen-bond acceptors (Lipinski definition) is 3. The number of thioether (sulfide) groups is 1. The van der Waals surface area contributed by atoms with Crippen LogP contribution in [0.1, 0.15) is 95.9 Å². The quantitative estimate of drug-likeness (QED) is 0.391. The highest BCUT2D eigenvalue weighted by atomic mass is 32.2. The predicted octanol–water partition coefficient (Wildman–Crippen LogP) is 8.19. The molecule has 0 aromatic carbocycles. The molecule has 0 amide bonds. The van der Waals surface area contributed by atoms with Crippen LogP contribution in [-0.4, -0.2) is 36.9 Å². The van der Waals surface area contributed by atoms with E-state index in [4.69, 9.17) is 9.47 Å². The van der Waals surface area contributed by atoms with Gasteiger partial charge < -0.3 is 9.47 Å². The average molecular weight is 469 g/mol. The Hall–Kier alpha value is 0.270. The molecule has 3 heteroatoms. The van der Waals surface area contributed by atoms with Gasteiger partial charge in [-0.25, -0.2) is 0 Å². The van der Waals surface area contributed by atoms with Gasteiger partial charge in [-0.15, -0.1) is 0 Å². The van der Waals surface area contributed by atoms with Crippen molar-refractivity contribution in [2.75, 3.05) is 25.2 Å². The fourth-order valence-electron chi connectivity index (χ4n) is 7.80. The van der Waals surface area contributed by atoms with E-state index >= 15 is 0 Å². The molecule has 0 aromatic heterocycles. The van der Waals surface area contributed by atoms with Crippen LogP contribution in [0.3, 0.4) is 0 Å². The first-order valence-electron chi connectivity index (χ1n) is 13.2. The van der Waals surface area contributed by atoms with E-state index in [0.717, 1.165) is 13.2 Å². The fourth-order valence-corrected chi connectivity index (χ4v) is 8.57. The highest BCUT2D eigenvalue weighted by molar-refractivity contribution is 7.98. The number of rotatable bonds is 6. The first-order valence-corrected chi connectivity index (χ1v) is 14.6. The maximum atomic E-state index is 7.03. The third kappa shape index (κ3) is 6.48. The summed E-state index contributed by atoms with van der Waals surface area (Å²) < 4.78 is 13.1. The Morgan fingerprint density at radius 3 is 2.03 bits per heavy atom. The highest BCUT2D eigenvalue weighted by Gasteiger charge is 2.53. The Kier molecular flexibility index (Phi) is 8.99. The summed E-state index contributed by atoms with van der Waals surface area (Å²) in [6.07, 6.45) is 5.00. The van der Waals surface area contributed by atoms with Gasteiger partial charge in [-0.3, -0.25) is 0 Å². The Balaban J connectivity index is 2.36. The summed E-state index contributed by atoms with van der Waals surface area (Å²) in [4.78, 5) is 0. The normalized spacial score (nSPS) is 34.5. The third-order valence-corrected chi connectivity index (χ3v) is 9.40. The molecule has 0 aromatic rings. The molecule has 190 valence electrons. The molecule has 0 saturated carbocycles. The van der Waals surface area contributed by atoms with Crippen LogP contribution >= 0.6 is 11.8 Å². The minimum atomic E-state index is -0.105. The maximum absolute atomic E-state index is 7.03. The second-order valence-corrected chi connectivity index (χ2v) is 15.7. The molecular weight excluding hydrogens is 412 g/mol. The monoisotopic (exact) mass is 468 g/mol. The molecule has 2 rings (SSSR count). The van der Waals surface area contributed by atoms with E-state index in [-0.39, 0.29) is 21.8 Å². The van der Waals surface area contributed by atoms with E-state index in [9.17, 15) is 0 Å². The lowest BCUT2D eigenvalue weighted by Gasteiger charge is -2.57. The Bertz CT molecular complexity index is 595. The van der Waals surface area contributed by atoms with Gasteiger partial charge in [0.2, 0.25) is 0 Å². The van der Waals surface area contributed by atoms with E-state index < -0.39 is 0 Å². The Morgan fingerprint density at radius 2 is 1.56 bits per heavy atom. The van der Waals surface area contributed by atoms with E-state index in [2.05, 4.69) is 89.3 Å². The molecule has 2 heterocycles. The van der Waals surface area contributed by atoms with Crippen LogP contribution in [0.25, 0.3) is 0 Å². The molecule has 0 spiro atoms. The zero-order chi connectivity index (χ0) is 24.7. The summed E-state index contributed by atoms with van der Waals surface area (Å²) in [5.74, 6) is 5.07. The van der Waals surface area contributed by atoms with Crippen LogP contribution in [0.4, 0.5) is 0 Å². The van der Waals surface area contributed by atoms with Crippen molar-refractivity contribution in [2.24, 2.45) is 51.8 Å². The zero-order valence-electron chi connectivity index (χ0n) is 23.8. The summed E-state index contributed by atoms with van der Waals surface area (Å²) in [6, 6.07) is 0. The summed E-state index contributed by atoms with van der Waals surface area (Å²) in [5, 5.41) is 0. The van der Waals surface area contributed by atoms with Crippen molar-refractivity contribution in [1.29, 1.82) is 0 Å². The van der Waals surface area contributed by atoms with E-state index in [0.29, 0.717) is 41.6 Å². The number of hydrogen-bond donors (Lipinski definition) is 0. The predicted molar refractivity (Wildman–Crippen MR) is 142 cm³/mol. The molecule has 2 aliphatic heterocycles. The van der Waals surface area contributed by atoms with Gasteiger partial charge in [-0.05, 0) is 90.5 Å². The summed E-state index contributed by atoms with van der Waals surface area (Å²) in [5.41, 5.74) is 0.627. The van der Waals surface area contributed by atoms with Gasteiger partial charge in [0.05, 0.1) is 18.3 Å². The minimum absolute atomic E-state index is 0.105. The van der Waals surface area contributed by atoms with Crippen molar-refractivity contribution in [3.8, 4) is 0 Å². The average Bonchev–Trinajstić information content (AvgIpc) is 2.56. The number of ether oxygens (including phenoxy) is 2. The maximum Gasteiger partial charge on any atom is 0.0666 e. The lowest BCUT2D eigenvalue weighted by molar-refractivity contribution is -0.215. The molecule has 6 unspecified atom stereocenters. The van der Waals surface area contributed by atoms with Crippen LogP contribution in [-0.2, 0) is 9.47 Å². The van der Waals surface area contributed by atoms with Crippen molar-refractivity contribution in [3.05, 3.63) is 0 Å². The standard InChI is InChI=1S/C29H56O2S/c1-19(2)22-16-30-18-28(9,10)24(22)20(17-32-13)14-21-15-23(26(3,4)5)25(27(6,7)8)29(11,12)31-21/h19-25H,14-18H2,1-13H3. The van der Waals surface area contributed by atoms with Gasteiger partial charge in [0, 0.05) is 6.61 Å². The lowest BCUT2D eigenvalue weighted by Crippen LogP contribution is -2.56. The summed E-state index contributed by atoms with van der Waals surface area (Å²) in [7, 11) is 0. The molecule has 2 saturated heterocycles.